The van der Waals surface area contributed by atoms with Crippen LogP contribution in [0.1, 0.15) is 23.6 Å². The summed E-state index contributed by atoms with van der Waals surface area (Å²) in [5, 5.41) is 24.2. The first-order valence-electron chi connectivity index (χ1n) is 10.0. The third-order valence-electron chi connectivity index (χ3n) is 4.61. The minimum Gasteiger partial charge on any atom is -0.868 e. The second kappa shape index (κ2) is 13.2. The van der Waals surface area contributed by atoms with Gasteiger partial charge >= 0.3 is 63.0 Å². The third kappa shape index (κ3) is 7.48. The van der Waals surface area contributed by atoms with Crippen LogP contribution in [0.5, 0.6) is 0 Å². The Labute approximate surface area is 234 Å². The smallest absolute Gasteiger partial charge is 0.868 e. The Bertz CT molecular complexity index is 1070. The van der Waals surface area contributed by atoms with Gasteiger partial charge in [-0.3, -0.25) is 10.1 Å². The molecule has 9 heteroatoms. The average molecular weight is 472 g/mol. The molecule has 0 N–H and O–H groups in total. The van der Waals surface area contributed by atoms with Crippen LogP contribution in [-0.2, 0) is 22.6 Å². The van der Waals surface area contributed by atoms with Gasteiger partial charge in [0.05, 0.1) is 17.1 Å². The maximum Gasteiger partial charge on any atom is 1.00 e. The van der Waals surface area contributed by atoms with Gasteiger partial charge in [0.2, 0.25) is 5.82 Å². The van der Waals surface area contributed by atoms with Crippen LogP contribution in [0.25, 0.3) is 6.08 Å². The Morgan fingerprint density at radius 2 is 1.58 bits per heavy atom. The van der Waals surface area contributed by atoms with Gasteiger partial charge in [-0.05, 0) is 36.0 Å². The summed E-state index contributed by atoms with van der Waals surface area (Å²) in [4.78, 5) is 29.2. The topological polar surface area (TPSA) is 109 Å². The SMILES string of the molecule is CCOC(=O)/C([O-])=C/c1ccnc(N(Cc2ccccc2)Cc2ccccc2)c1[N+](=O)[O-].[K+]. The van der Waals surface area contributed by atoms with Gasteiger partial charge in [-0.1, -0.05) is 60.7 Å². The largest absolute Gasteiger partial charge is 1.00 e. The molecule has 164 valence electrons. The van der Waals surface area contributed by atoms with E-state index in [0.717, 1.165) is 17.2 Å². The molecule has 3 rings (SSSR count). The Balaban J connectivity index is 0.00000385. The van der Waals surface area contributed by atoms with Crippen molar-refractivity contribution < 1.29 is 70.9 Å². The number of benzene rings is 2. The van der Waals surface area contributed by atoms with E-state index in [2.05, 4.69) is 4.98 Å². The normalized spacial score (nSPS) is 10.8. The van der Waals surface area contributed by atoms with Gasteiger partial charge in [-0.25, -0.2) is 9.78 Å². The van der Waals surface area contributed by atoms with Crippen molar-refractivity contribution in [1.82, 2.24) is 4.98 Å². The van der Waals surface area contributed by atoms with E-state index < -0.39 is 16.7 Å². The summed E-state index contributed by atoms with van der Waals surface area (Å²) in [5.74, 6) is -1.93. The molecule has 0 fully saturated rings. The molecule has 0 radical (unpaired) electrons. The molecule has 0 aliphatic carbocycles. The van der Waals surface area contributed by atoms with Gasteiger partial charge in [-0.15, -0.1) is 0 Å². The van der Waals surface area contributed by atoms with E-state index in [9.17, 15) is 20.0 Å². The van der Waals surface area contributed by atoms with Gasteiger partial charge in [0.1, 0.15) is 0 Å². The molecular weight excluding hydrogens is 449 g/mol. The van der Waals surface area contributed by atoms with Crippen LogP contribution in [0, 0.1) is 10.1 Å². The number of carbonyl (C=O) groups excluding carboxylic acids is 1. The maximum atomic E-state index is 12.2. The predicted octanol–water partition coefficient (Wildman–Crippen LogP) is 0.465. The van der Waals surface area contributed by atoms with Gasteiger partial charge in [0.15, 0.2) is 0 Å². The molecule has 0 amide bonds. The van der Waals surface area contributed by atoms with Gasteiger partial charge in [-0.2, -0.15) is 0 Å². The van der Waals surface area contributed by atoms with Gasteiger partial charge in [0, 0.05) is 19.3 Å². The monoisotopic (exact) mass is 471 g/mol. The van der Waals surface area contributed by atoms with Gasteiger partial charge < -0.3 is 14.7 Å². The van der Waals surface area contributed by atoms with Crippen molar-refractivity contribution in [1.29, 1.82) is 0 Å². The van der Waals surface area contributed by atoms with Crippen molar-refractivity contribution in [2.45, 2.75) is 20.0 Å². The zero-order chi connectivity index (χ0) is 22.9. The standard InChI is InChI=1S/C24H23N3O5.K/c1-2-32-24(29)21(28)15-20-13-14-25-23(22(20)27(30)31)26(16-18-9-5-3-6-10-18)17-19-11-7-4-8-12-19;/h3-15,28H,2,16-17H2,1H3;/q;+1/p-1/b21-15-;. The van der Waals surface area contributed by atoms with E-state index in [4.69, 9.17) is 4.74 Å². The summed E-state index contributed by atoms with van der Waals surface area (Å²) in [6.45, 7) is 2.32. The number of hydrogen-bond donors (Lipinski definition) is 0. The minimum atomic E-state index is -1.06. The zero-order valence-electron chi connectivity index (χ0n) is 18.5. The molecule has 2 aromatic carbocycles. The number of nitrogens with zero attached hydrogens (tertiary/aromatic N) is 3. The molecule has 0 saturated heterocycles. The second-order valence-electron chi connectivity index (χ2n) is 6.89. The van der Waals surface area contributed by atoms with Gasteiger partial charge in [0.25, 0.3) is 0 Å². The fraction of sp³-hybridized carbons (Fsp3) is 0.167. The van der Waals surface area contributed by atoms with Crippen molar-refractivity contribution in [2.24, 2.45) is 0 Å². The van der Waals surface area contributed by atoms with Crippen LogP contribution >= 0.6 is 0 Å². The molecule has 0 aliphatic heterocycles. The number of hydrogen-bond acceptors (Lipinski definition) is 7. The minimum absolute atomic E-state index is 0. The summed E-state index contributed by atoms with van der Waals surface area (Å²) < 4.78 is 4.70. The van der Waals surface area contributed by atoms with Crippen molar-refractivity contribution in [3.8, 4) is 0 Å². The number of anilines is 1. The number of nitro groups is 1. The number of esters is 1. The first-order valence-corrected chi connectivity index (χ1v) is 10.0. The van der Waals surface area contributed by atoms with Crippen molar-refractivity contribution in [3.05, 3.63) is 105 Å². The molecule has 0 bridgehead atoms. The molecule has 0 unspecified atom stereocenters. The van der Waals surface area contributed by atoms with Crippen LogP contribution in [0.3, 0.4) is 0 Å². The number of rotatable bonds is 9. The van der Waals surface area contributed by atoms with Crippen LogP contribution in [0.4, 0.5) is 11.5 Å². The molecular formula is C24H22KN3O5. The fourth-order valence-corrected chi connectivity index (χ4v) is 3.21. The molecule has 1 heterocycles. The van der Waals surface area contributed by atoms with E-state index >= 15 is 0 Å². The molecule has 33 heavy (non-hydrogen) atoms. The Morgan fingerprint density at radius 3 is 2.06 bits per heavy atom. The first-order chi connectivity index (χ1) is 15.5. The summed E-state index contributed by atoms with van der Waals surface area (Å²) in [6.07, 6.45) is 2.31. The molecule has 0 spiro atoms. The summed E-state index contributed by atoms with van der Waals surface area (Å²) >= 11 is 0. The van der Waals surface area contributed by atoms with E-state index in [-0.39, 0.29) is 75.1 Å². The zero-order valence-corrected chi connectivity index (χ0v) is 21.6. The Morgan fingerprint density at radius 1 is 1.03 bits per heavy atom. The van der Waals surface area contributed by atoms with E-state index in [0.29, 0.717) is 13.1 Å². The average Bonchev–Trinajstić information content (AvgIpc) is 2.80. The second-order valence-corrected chi connectivity index (χ2v) is 6.89. The predicted molar refractivity (Wildman–Crippen MR) is 118 cm³/mol. The Kier molecular flexibility index (Phi) is 10.7. The first kappa shape index (κ1) is 26.7. The van der Waals surface area contributed by atoms with Crippen LogP contribution in [0.15, 0.2) is 78.7 Å². The number of ether oxygens (including phenoxy) is 1. The fourth-order valence-electron chi connectivity index (χ4n) is 3.21. The van der Waals surface area contributed by atoms with E-state index in [1.54, 1.807) is 11.8 Å². The number of aromatic nitrogens is 1. The van der Waals surface area contributed by atoms with Crippen molar-refractivity contribution in [3.63, 3.8) is 0 Å². The Hall–Kier alpha value is -2.56. The molecule has 0 saturated carbocycles. The third-order valence-corrected chi connectivity index (χ3v) is 4.61. The van der Waals surface area contributed by atoms with E-state index in [1.165, 1.54) is 12.3 Å². The molecule has 0 atom stereocenters. The molecule has 0 aliphatic rings. The number of carbonyl (C=O) groups is 1. The summed E-state index contributed by atoms with van der Waals surface area (Å²) in [5.41, 5.74) is 1.52. The maximum absolute atomic E-state index is 12.2. The summed E-state index contributed by atoms with van der Waals surface area (Å²) in [7, 11) is 0. The van der Waals surface area contributed by atoms with Crippen LogP contribution in [0.2, 0.25) is 0 Å². The van der Waals surface area contributed by atoms with Crippen LogP contribution in [-0.4, -0.2) is 22.5 Å². The van der Waals surface area contributed by atoms with E-state index in [1.807, 2.05) is 60.7 Å². The molecule has 1 aromatic heterocycles. The molecule has 8 nitrogen and oxygen atoms in total. The number of pyridine rings is 1. The molecule has 3 aromatic rings. The quantitative estimate of drug-likeness (QED) is 0.111. The summed E-state index contributed by atoms with van der Waals surface area (Å²) in [6, 6.07) is 20.4. The van der Waals surface area contributed by atoms with Crippen LogP contribution < -0.4 is 61.4 Å². The van der Waals surface area contributed by atoms with Crippen molar-refractivity contribution in [2.75, 3.05) is 11.5 Å². The van der Waals surface area contributed by atoms with Crippen molar-refractivity contribution >= 4 is 23.6 Å².